The van der Waals surface area contributed by atoms with Crippen molar-refractivity contribution in [1.82, 2.24) is 14.7 Å². The Balaban J connectivity index is 1.51. The molecule has 0 aromatic rings. The first-order chi connectivity index (χ1) is 11.1. The zero-order valence-corrected chi connectivity index (χ0v) is 16.3. The predicted octanol–water partition coefficient (Wildman–Crippen LogP) is 3.69. The van der Waals surface area contributed by atoms with Gasteiger partial charge < -0.3 is 9.80 Å². The monoisotopic (exact) mass is 323 g/mol. The summed E-state index contributed by atoms with van der Waals surface area (Å²) in [5.74, 6) is 0.852. The highest BCUT2D eigenvalue weighted by Crippen LogP contribution is 2.23. The quantitative estimate of drug-likeness (QED) is 0.599. The molecule has 2 saturated heterocycles. The van der Waals surface area contributed by atoms with Crippen LogP contribution in [-0.2, 0) is 0 Å². The summed E-state index contributed by atoms with van der Waals surface area (Å²) >= 11 is 0. The first-order valence-electron chi connectivity index (χ1n) is 10.3. The molecule has 0 aromatic heterocycles. The second-order valence-electron chi connectivity index (χ2n) is 8.49. The molecule has 0 saturated carbocycles. The number of piperazine rings is 1. The van der Waals surface area contributed by atoms with Crippen molar-refractivity contribution in [2.24, 2.45) is 5.92 Å². The highest BCUT2D eigenvalue weighted by Gasteiger charge is 2.24. The number of unbranched alkanes of at least 4 members (excludes halogenated alkanes) is 2. The second kappa shape index (κ2) is 10.0. The van der Waals surface area contributed by atoms with Gasteiger partial charge in [0.15, 0.2) is 0 Å². The van der Waals surface area contributed by atoms with Crippen LogP contribution in [0.3, 0.4) is 0 Å². The number of hydrogen-bond acceptors (Lipinski definition) is 3. The SMILES string of the molecule is CC(C)CC1CCCN1CCCCCN1CCN(C(C)C)CC1. The number of nitrogens with zero attached hydrogens (tertiary/aromatic N) is 3. The average Bonchev–Trinajstić information content (AvgIpc) is 2.94. The van der Waals surface area contributed by atoms with Crippen molar-refractivity contribution >= 4 is 0 Å². The van der Waals surface area contributed by atoms with E-state index < -0.39 is 0 Å². The summed E-state index contributed by atoms with van der Waals surface area (Å²) in [6.07, 6.45) is 8.48. The van der Waals surface area contributed by atoms with Gasteiger partial charge in [-0.25, -0.2) is 0 Å². The van der Waals surface area contributed by atoms with Crippen LogP contribution in [0.25, 0.3) is 0 Å². The van der Waals surface area contributed by atoms with Crippen LogP contribution in [-0.4, -0.2) is 72.6 Å². The lowest BCUT2D eigenvalue weighted by atomic mass is 10.0. The van der Waals surface area contributed by atoms with Crippen molar-refractivity contribution in [1.29, 1.82) is 0 Å². The van der Waals surface area contributed by atoms with Crippen molar-refractivity contribution in [3.05, 3.63) is 0 Å². The number of likely N-dealkylation sites (tertiary alicyclic amines) is 1. The van der Waals surface area contributed by atoms with E-state index in [0.29, 0.717) is 0 Å². The molecular weight excluding hydrogens is 282 g/mol. The Bertz CT molecular complexity index is 308. The lowest BCUT2D eigenvalue weighted by molar-refractivity contribution is 0.107. The smallest absolute Gasteiger partial charge is 0.0113 e. The van der Waals surface area contributed by atoms with Gasteiger partial charge in [0.05, 0.1) is 0 Å². The molecule has 1 unspecified atom stereocenters. The van der Waals surface area contributed by atoms with Crippen molar-refractivity contribution in [2.45, 2.75) is 78.3 Å². The fraction of sp³-hybridized carbons (Fsp3) is 1.00. The molecule has 2 rings (SSSR count). The molecular formula is C20H41N3. The molecule has 2 fully saturated rings. The highest BCUT2D eigenvalue weighted by atomic mass is 15.3. The summed E-state index contributed by atoms with van der Waals surface area (Å²) in [6, 6.07) is 1.61. The first-order valence-corrected chi connectivity index (χ1v) is 10.3. The van der Waals surface area contributed by atoms with Crippen LogP contribution >= 0.6 is 0 Å². The zero-order valence-electron chi connectivity index (χ0n) is 16.3. The molecule has 136 valence electrons. The number of hydrogen-bond donors (Lipinski definition) is 0. The Labute approximate surface area is 145 Å². The Morgan fingerprint density at radius 3 is 2.17 bits per heavy atom. The van der Waals surface area contributed by atoms with Gasteiger partial charge in [-0.05, 0) is 71.5 Å². The van der Waals surface area contributed by atoms with Crippen LogP contribution < -0.4 is 0 Å². The molecule has 2 aliphatic heterocycles. The van der Waals surface area contributed by atoms with Crippen molar-refractivity contribution in [3.8, 4) is 0 Å². The standard InChI is InChI=1S/C20H41N3/c1-18(2)17-20-9-8-12-23(20)11-7-5-6-10-21-13-15-22(16-14-21)19(3)4/h18-20H,5-17H2,1-4H3. The molecule has 3 nitrogen and oxygen atoms in total. The first kappa shape index (κ1) is 19.2. The number of rotatable bonds is 9. The van der Waals surface area contributed by atoms with Gasteiger partial charge in [0.25, 0.3) is 0 Å². The molecule has 0 radical (unpaired) electrons. The maximum atomic E-state index is 2.78. The van der Waals surface area contributed by atoms with E-state index in [9.17, 15) is 0 Å². The van der Waals surface area contributed by atoms with Gasteiger partial charge in [0, 0.05) is 38.3 Å². The molecule has 1 atom stereocenters. The Hall–Kier alpha value is -0.120. The van der Waals surface area contributed by atoms with Gasteiger partial charge in [0.1, 0.15) is 0 Å². The third kappa shape index (κ3) is 6.72. The largest absolute Gasteiger partial charge is 0.301 e. The van der Waals surface area contributed by atoms with Crippen LogP contribution in [0.5, 0.6) is 0 Å². The average molecular weight is 324 g/mol. The predicted molar refractivity (Wildman–Crippen MR) is 101 cm³/mol. The summed E-state index contributed by atoms with van der Waals surface area (Å²) in [7, 11) is 0. The van der Waals surface area contributed by atoms with E-state index in [0.717, 1.165) is 18.0 Å². The van der Waals surface area contributed by atoms with Gasteiger partial charge in [-0.3, -0.25) is 4.90 Å². The third-order valence-electron chi connectivity index (χ3n) is 5.80. The van der Waals surface area contributed by atoms with E-state index in [1.54, 1.807) is 0 Å². The minimum atomic E-state index is 0.719. The van der Waals surface area contributed by atoms with E-state index in [2.05, 4.69) is 42.4 Å². The topological polar surface area (TPSA) is 9.72 Å². The molecule has 2 heterocycles. The molecule has 0 bridgehead atoms. The Morgan fingerprint density at radius 1 is 0.826 bits per heavy atom. The fourth-order valence-electron chi connectivity index (χ4n) is 4.33. The van der Waals surface area contributed by atoms with E-state index in [1.807, 2.05) is 0 Å². The van der Waals surface area contributed by atoms with Crippen LogP contribution in [0.4, 0.5) is 0 Å². The van der Waals surface area contributed by atoms with Gasteiger partial charge in [-0.1, -0.05) is 20.3 Å². The normalized spacial score (nSPS) is 25.0. The molecule has 0 N–H and O–H groups in total. The second-order valence-corrected chi connectivity index (χ2v) is 8.49. The summed E-state index contributed by atoms with van der Waals surface area (Å²) < 4.78 is 0. The third-order valence-corrected chi connectivity index (χ3v) is 5.80. The molecule has 0 spiro atoms. The molecule has 0 aromatic carbocycles. The zero-order chi connectivity index (χ0) is 16.7. The van der Waals surface area contributed by atoms with E-state index in [-0.39, 0.29) is 0 Å². The van der Waals surface area contributed by atoms with Crippen LogP contribution in [0.15, 0.2) is 0 Å². The summed E-state index contributed by atoms with van der Waals surface area (Å²) in [6.45, 7) is 18.5. The van der Waals surface area contributed by atoms with E-state index in [1.165, 1.54) is 84.3 Å². The van der Waals surface area contributed by atoms with Gasteiger partial charge in [0.2, 0.25) is 0 Å². The lowest BCUT2D eigenvalue weighted by Gasteiger charge is -2.37. The van der Waals surface area contributed by atoms with Crippen LogP contribution in [0.1, 0.15) is 66.2 Å². The summed E-state index contributed by atoms with van der Waals surface area (Å²) in [5.41, 5.74) is 0. The van der Waals surface area contributed by atoms with Gasteiger partial charge in [-0.15, -0.1) is 0 Å². The summed E-state index contributed by atoms with van der Waals surface area (Å²) in [4.78, 5) is 8.07. The Morgan fingerprint density at radius 2 is 1.52 bits per heavy atom. The maximum Gasteiger partial charge on any atom is 0.0113 e. The maximum absolute atomic E-state index is 2.78. The van der Waals surface area contributed by atoms with E-state index in [4.69, 9.17) is 0 Å². The van der Waals surface area contributed by atoms with Crippen molar-refractivity contribution in [3.63, 3.8) is 0 Å². The van der Waals surface area contributed by atoms with E-state index >= 15 is 0 Å². The fourth-order valence-corrected chi connectivity index (χ4v) is 4.33. The lowest BCUT2D eigenvalue weighted by Crippen LogP contribution is -2.48. The summed E-state index contributed by atoms with van der Waals surface area (Å²) in [5, 5.41) is 0. The molecule has 0 aliphatic carbocycles. The Kier molecular flexibility index (Phi) is 8.35. The molecule has 0 amide bonds. The van der Waals surface area contributed by atoms with Crippen LogP contribution in [0, 0.1) is 5.92 Å². The minimum absolute atomic E-state index is 0.719. The molecule has 23 heavy (non-hydrogen) atoms. The van der Waals surface area contributed by atoms with Gasteiger partial charge in [-0.2, -0.15) is 0 Å². The minimum Gasteiger partial charge on any atom is -0.301 e. The van der Waals surface area contributed by atoms with Crippen molar-refractivity contribution in [2.75, 3.05) is 45.8 Å². The van der Waals surface area contributed by atoms with Gasteiger partial charge >= 0.3 is 0 Å². The van der Waals surface area contributed by atoms with Crippen molar-refractivity contribution < 1.29 is 0 Å². The molecule has 3 heteroatoms. The highest BCUT2D eigenvalue weighted by molar-refractivity contribution is 4.80. The van der Waals surface area contributed by atoms with Crippen LogP contribution in [0.2, 0.25) is 0 Å². The molecule has 2 aliphatic rings.